The van der Waals surface area contributed by atoms with Crippen LogP contribution < -0.4 is 10.6 Å². The maximum Gasteiger partial charge on any atom is 0.435 e. The number of nitrogens with one attached hydrogen (secondary N) is 2. The number of halogens is 6. The number of ketones is 1. The standard InChI is InChI=1S/C27H36F6N4O7/c1-24(2,3)43-22(40)36-19(37-23(41)44-25(4,5)6)12-8-7-11-17(35-20(39)16-10-9-13-34-14-16)18(38)15-42-21(26(28,29)30)27(31,32)33/h9-10,13-14,17,21H,7-8,11-12,15H2,1-6H3,(H,35,39)(H,36,37,40,41)/t17-/m0/s1. The number of amides is 3. The van der Waals surface area contributed by atoms with Crippen LogP contribution in [0.3, 0.4) is 0 Å². The normalized spacial score (nSPS) is 13.7. The summed E-state index contributed by atoms with van der Waals surface area (Å²) in [7, 11) is 0. The molecule has 0 radical (unpaired) electrons. The minimum absolute atomic E-state index is 0.0229. The summed E-state index contributed by atoms with van der Waals surface area (Å²) in [6.07, 6.45) is -15.6. The number of carbonyl (C=O) groups is 4. The number of alkyl carbamates (subject to hydrolysis) is 1. The van der Waals surface area contributed by atoms with E-state index in [-0.39, 0.29) is 37.1 Å². The molecule has 0 saturated carbocycles. The molecule has 17 heteroatoms. The van der Waals surface area contributed by atoms with Gasteiger partial charge in [0.2, 0.25) is 6.10 Å². The van der Waals surface area contributed by atoms with Gasteiger partial charge < -0.3 is 19.5 Å². The largest absolute Gasteiger partial charge is 0.444 e. The second-order valence-electron chi connectivity index (χ2n) is 11.4. The first kappa shape index (κ1) is 38.3. The Hall–Kier alpha value is -3.76. The number of rotatable bonds is 11. The third-order valence-electron chi connectivity index (χ3n) is 5.03. The first-order valence-electron chi connectivity index (χ1n) is 13.3. The monoisotopic (exact) mass is 642 g/mol. The van der Waals surface area contributed by atoms with Crippen molar-refractivity contribution < 1.29 is 59.7 Å². The van der Waals surface area contributed by atoms with Crippen LogP contribution in [-0.2, 0) is 19.0 Å². The molecule has 0 aliphatic carbocycles. The van der Waals surface area contributed by atoms with Gasteiger partial charge in [0.1, 0.15) is 23.6 Å². The molecule has 0 aliphatic heterocycles. The molecule has 0 saturated heterocycles. The fraction of sp³-hybridized carbons (Fsp3) is 0.630. The Kier molecular flexibility index (Phi) is 13.8. The van der Waals surface area contributed by atoms with E-state index in [1.54, 1.807) is 41.5 Å². The molecule has 0 bridgehead atoms. The number of hydrogen-bond acceptors (Lipinski definition) is 8. The number of carbonyl (C=O) groups excluding carboxylic acids is 4. The fourth-order valence-electron chi connectivity index (χ4n) is 3.30. The van der Waals surface area contributed by atoms with Crippen molar-refractivity contribution >= 4 is 29.7 Å². The minimum Gasteiger partial charge on any atom is -0.444 e. The third-order valence-corrected chi connectivity index (χ3v) is 5.03. The lowest BCUT2D eigenvalue weighted by Gasteiger charge is -2.24. The molecule has 0 fully saturated rings. The zero-order valence-electron chi connectivity index (χ0n) is 25.0. The topological polar surface area (TPSA) is 145 Å². The summed E-state index contributed by atoms with van der Waals surface area (Å²) in [5, 5.41) is 4.60. The Labute approximate surface area is 250 Å². The van der Waals surface area contributed by atoms with Gasteiger partial charge in [-0.05, 0) is 66.5 Å². The molecule has 248 valence electrons. The number of alkyl halides is 6. The van der Waals surface area contributed by atoms with Gasteiger partial charge in [-0.3, -0.25) is 19.9 Å². The van der Waals surface area contributed by atoms with Gasteiger partial charge >= 0.3 is 24.5 Å². The minimum atomic E-state index is -5.84. The van der Waals surface area contributed by atoms with Crippen LogP contribution in [0.4, 0.5) is 35.9 Å². The van der Waals surface area contributed by atoms with Crippen molar-refractivity contribution in [3.05, 3.63) is 30.1 Å². The first-order chi connectivity index (χ1) is 20.0. The van der Waals surface area contributed by atoms with E-state index >= 15 is 0 Å². The Morgan fingerprint density at radius 1 is 0.909 bits per heavy atom. The lowest BCUT2D eigenvalue weighted by Crippen LogP contribution is -2.48. The van der Waals surface area contributed by atoms with Crippen LogP contribution in [0.5, 0.6) is 0 Å². The van der Waals surface area contributed by atoms with Crippen LogP contribution in [0.2, 0.25) is 0 Å². The van der Waals surface area contributed by atoms with Crippen molar-refractivity contribution in [1.29, 1.82) is 0 Å². The van der Waals surface area contributed by atoms with Crippen molar-refractivity contribution in [2.24, 2.45) is 4.99 Å². The predicted molar refractivity (Wildman–Crippen MR) is 144 cm³/mol. The third kappa shape index (κ3) is 15.6. The second kappa shape index (κ2) is 15.8. The smallest absolute Gasteiger partial charge is 0.435 e. The maximum atomic E-state index is 12.9. The van der Waals surface area contributed by atoms with Crippen LogP contribution in [0.25, 0.3) is 0 Å². The summed E-state index contributed by atoms with van der Waals surface area (Å²) in [6.45, 7) is 7.97. The Bertz CT molecular complexity index is 1150. The first-order valence-corrected chi connectivity index (χ1v) is 13.3. The highest BCUT2D eigenvalue weighted by molar-refractivity contribution is 6.00. The maximum absolute atomic E-state index is 12.9. The van der Waals surface area contributed by atoms with Crippen LogP contribution in [-0.4, -0.2) is 77.0 Å². The molecule has 1 atom stereocenters. The van der Waals surface area contributed by atoms with Crippen molar-refractivity contribution in [3.63, 3.8) is 0 Å². The quantitative estimate of drug-likeness (QED) is 0.136. The lowest BCUT2D eigenvalue weighted by molar-refractivity contribution is -0.319. The average molecular weight is 643 g/mol. The average Bonchev–Trinajstić information content (AvgIpc) is 2.82. The SMILES string of the molecule is CC(C)(C)OC(=O)N=C(CCCC[C@H](NC(=O)c1cccnc1)C(=O)COC(C(F)(F)F)C(F)(F)F)NC(=O)OC(C)(C)C. The molecule has 3 amide bonds. The molecule has 11 nitrogen and oxygen atoms in total. The number of pyridine rings is 1. The summed E-state index contributed by atoms with van der Waals surface area (Å²) in [4.78, 5) is 57.2. The van der Waals surface area contributed by atoms with Gasteiger partial charge in [-0.25, -0.2) is 9.59 Å². The van der Waals surface area contributed by atoms with E-state index in [9.17, 15) is 45.5 Å². The zero-order valence-corrected chi connectivity index (χ0v) is 25.0. The van der Waals surface area contributed by atoms with E-state index in [4.69, 9.17) is 9.47 Å². The highest BCUT2D eigenvalue weighted by Gasteiger charge is 2.58. The predicted octanol–water partition coefficient (Wildman–Crippen LogP) is 5.68. The van der Waals surface area contributed by atoms with Gasteiger partial charge in [0, 0.05) is 18.8 Å². The van der Waals surface area contributed by atoms with E-state index in [0.717, 1.165) is 6.20 Å². The molecule has 0 spiro atoms. The Morgan fingerprint density at radius 3 is 2.00 bits per heavy atom. The molecule has 1 rings (SSSR count). The number of Topliss-reactive ketones (excluding diaryl/α,β-unsaturated/α-hetero) is 1. The van der Waals surface area contributed by atoms with Crippen molar-refractivity contribution in [2.45, 2.75) is 103 Å². The number of unbranched alkanes of at least 4 members (excludes halogenated alkanes) is 1. The molecule has 1 heterocycles. The van der Waals surface area contributed by atoms with Crippen molar-refractivity contribution in [3.8, 4) is 0 Å². The number of aliphatic imine (C=N–C) groups is 1. The molecule has 44 heavy (non-hydrogen) atoms. The summed E-state index contributed by atoms with van der Waals surface area (Å²) >= 11 is 0. The highest BCUT2D eigenvalue weighted by Crippen LogP contribution is 2.35. The van der Waals surface area contributed by atoms with E-state index in [0.29, 0.717) is 0 Å². The van der Waals surface area contributed by atoms with Gasteiger partial charge in [0.05, 0.1) is 11.6 Å². The van der Waals surface area contributed by atoms with Crippen LogP contribution in [0.15, 0.2) is 29.5 Å². The van der Waals surface area contributed by atoms with Crippen molar-refractivity contribution in [1.82, 2.24) is 15.6 Å². The number of hydrogen-bond donors (Lipinski definition) is 2. The highest BCUT2D eigenvalue weighted by atomic mass is 19.4. The van der Waals surface area contributed by atoms with E-state index in [1.165, 1.54) is 18.3 Å². The molecule has 1 aromatic heterocycles. The van der Waals surface area contributed by atoms with Gasteiger partial charge in [0.15, 0.2) is 5.78 Å². The summed E-state index contributed by atoms with van der Waals surface area (Å²) < 4.78 is 91.4. The van der Waals surface area contributed by atoms with Crippen LogP contribution >= 0.6 is 0 Å². The lowest BCUT2D eigenvalue weighted by atomic mass is 10.0. The van der Waals surface area contributed by atoms with E-state index < -0.39 is 66.2 Å². The van der Waals surface area contributed by atoms with Crippen molar-refractivity contribution in [2.75, 3.05) is 6.61 Å². The second-order valence-corrected chi connectivity index (χ2v) is 11.4. The molecule has 0 aromatic carbocycles. The summed E-state index contributed by atoms with van der Waals surface area (Å²) in [5.74, 6) is -2.29. The van der Waals surface area contributed by atoms with Gasteiger partial charge in [-0.1, -0.05) is 6.42 Å². The molecule has 0 aliphatic rings. The molecular formula is C27H36F6N4O7. The van der Waals surface area contributed by atoms with Gasteiger partial charge in [-0.15, -0.1) is 0 Å². The molecule has 1 aromatic rings. The van der Waals surface area contributed by atoms with Gasteiger partial charge in [-0.2, -0.15) is 31.3 Å². The number of nitrogens with zero attached hydrogens (tertiary/aromatic N) is 2. The summed E-state index contributed by atoms with van der Waals surface area (Å²) in [6, 6.07) is 1.16. The number of ether oxygens (including phenoxy) is 3. The number of amidine groups is 1. The molecule has 2 N–H and O–H groups in total. The Morgan fingerprint density at radius 2 is 1.50 bits per heavy atom. The van der Waals surface area contributed by atoms with Crippen LogP contribution in [0.1, 0.15) is 77.6 Å². The van der Waals surface area contributed by atoms with Crippen LogP contribution in [0, 0.1) is 0 Å². The van der Waals surface area contributed by atoms with E-state index in [2.05, 4.69) is 25.3 Å². The molecule has 0 unspecified atom stereocenters. The Balaban J connectivity index is 3.05. The fourth-order valence-corrected chi connectivity index (χ4v) is 3.30. The van der Waals surface area contributed by atoms with E-state index in [1.807, 2.05) is 0 Å². The zero-order chi connectivity index (χ0) is 33.9. The molecular weight excluding hydrogens is 606 g/mol. The number of aromatic nitrogens is 1. The summed E-state index contributed by atoms with van der Waals surface area (Å²) in [5.41, 5.74) is -1.82. The van der Waals surface area contributed by atoms with Gasteiger partial charge in [0.25, 0.3) is 5.91 Å².